The normalized spacial score (nSPS) is 11.0. The lowest BCUT2D eigenvalue weighted by atomic mass is 10.2. The van der Waals surface area contributed by atoms with Crippen LogP contribution >= 0.6 is 0 Å². The summed E-state index contributed by atoms with van der Waals surface area (Å²) in [6.45, 7) is 6.45. The highest BCUT2D eigenvalue weighted by atomic mass is 15.1. The molecule has 0 aliphatic rings. The van der Waals surface area contributed by atoms with Gasteiger partial charge in [0.15, 0.2) is 5.65 Å². The van der Waals surface area contributed by atoms with Crippen LogP contribution in [0.1, 0.15) is 38.2 Å². The fourth-order valence-electron chi connectivity index (χ4n) is 1.72. The Morgan fingerprint density at radius 1 is 1.41 bits per heavy atom. The summed E-state index contributed by atoms with van der Waals surface area (Å²) in [6.07, 6.45) is 2.48. The van der Waals surface area contributed by atoms with Crippen LogP contribution in [-0.4, -0.2) is 19.5 Å². The molecule has 0 N–H and O–H groups in total. The Morgan fingerprint density at radius 2 is 2.18 bits per heavy atom. The Hall–Kier alpha value is -1.96. The number of imidazole rings is 1. The molecule has 0 amide bonds. The van der Waals surface area contributed by atoms with Gasteiger partial charge in [-0.2, -0.15) is 5.26 Å². The molecule has 0 unspecified atom stereocenters. The van der Waals surface area contributed by atoms with E-state index >= 15 is 0 Å². The average molecular weight is 229 g/mol. The first kappa shape index (κ1) is 11.5. The number of nitriles is 1. The largest absolute Gasteiger partial charge is 0.301 e. The van der Waals surface area contributed by atoms with E-state index in [2.05, 4.69) is 41.8 Å². The second-order valence-electron chi connectivity index (χ2n) is 4.24. The monoisotopic (exact) mass is 229 g/mol. The van der Waals surface area contributed by atoms with Crippen molar-refractivity contribution in [3.8, 4) is 6.07 Å². The number of aryl methyl sites for hydroxylation is 1. The van der Waals surface area contributed by atoms with Crippen molar-refractivity contribution in [1.29, 1.82) is 5.26 Å². The van der Waals surface area contributed by atoms with E-state index in [1.165, 1.54) is 0 Å². The topological polar surface area (TPSA) is 67.4 Å². The zero-order valence-electron chi connectivity index (χ0n) is 10.3. The van der Waals surface area contributed by atoms with Gasteiger partial charge in [-0.25, -0.2) is 15.0 Å². The lowest BCUT2D eigenvalue weighted by Crippen LogP contribution is -2.04. The minimum atomic E-state index is 0.272. The summed E-state index contributed by atoms with van der Waals surface area (Å²) in [5.41, 5.74) is 2.53. The number of rotatable bonds is 3. The molecule has 2 aromatic rings. The third-order valence-electron chi connectivity index (χ3n) is 2.65. The Labute approximate surface area is 100 Å². The smallest absolute Gasteiger partial charge is 0.164 e. The SMILES string of the molecule is CCc1nc(C(C)C)nc2c1ncn2CC#N. The predicted molar refractivity (Wildman–Crippen MR) is 64.4 cm³/mol. The highest BCUT2D eigenvalue weighted by molar-refractivity contribution is 5.73. The minimum Gasteiger partial charge on any atom is -0.301 e. The van der Waals surface area contributed by atoms with Crippen LogP contribution < -0.4 is 0 Å². The Balaban J connectivity index is 2.68. The molecule has 0 spiro atoms. The summed E-state index contributed by atoms with van der Waals surface area (Å²) in [5, 5.41) is 8.76. The van der Waals surface area contributed by atoms with Crippen LogP contribution in [0.4, 0.5) is 0 Å². The van der Waals surface area contributed by atoms with E-state index in [4.69, 9.17) is 5.26 Å². The van der Waals surface area contributed by atoms with Crippen LogP contribution in [0.25, 0.3) is 11.2 Å². The van der Waals surface area contributed by atoms with Gasteiger partial charge < -0.3 is 4.57 Å². The van der Waals surface area contributed by atoms with Crippen molar-refractivity contribution in [3.05, 3.63) is 17.8 Å². The van der Waals surface area contributed by atoms with Gasteiger partial charge in [0.05, 0.1) is 18.1 Å². The predicted octanol–water partition coefficient (Wildman–Crippen LogP) is 2.04. The van der Waals surface area contributed by atoms with Crippen LogP contribution in [0, 0.1) is 11.3 Å². The van der Waals surface area contributed by atoms with Crippen molar-refractivity contribution in [2.45, 2.75) is 39.7 Å². The van der Waals surface area contributed by atoms with Gasteiger partial charge in [-0.3, -0.25) is 0 Å². The lowest BCUT2D eigenvalue weighted by molar-refractivity contribution is 0.757. The first-order chi connectivity index (χ1) is 8.17. The third kappa shape index (κ3) is 1.98. The molecule has 0 radical (unpaired) electrons. The molecule has 5 heteroatoms. The summed E-state index contributed by atoms with van der Waals surface area (Å²) in [7, 11) is 0. The van der Waals surface area contributed by atoms with E-state index in [1.54, 1.807) is 10.9 Å². The number of aromatic nitrogens is 4. The van der Waals surface area contributed by atoms with E-state index in [0.717, 1.165) is 29.1 Å². The average Bonchev–Trinajstić information content (AvgIpc) is 2.72. The first-order valence-corrected chi connectivity index (χ1v) is 5.76. The number of hydrogen-bond acceptors (Lipinski definition) is 4. The molecule has 17 heavy (non-hydrogen) atoms. The number of fused-ring (bicyclic) bond motifs is 1. The molecule has 0 saturated heterocycles. The Kier molecular flexibility index (Phi) is 3.05. The minimum absolute atomic E-state index is 0.272. The summed E-state index contributed by atoms with van der Waals surface area (Å²) in [6, 6.07) is 2.11. The van der Waals surface area contributed by atoms with Gasteiger partial charge in [0.1, 0.15) is 17.9 Å². The van der Waals surface area contributed by atoms with Crippen LogP contribution in [0.5, 0.6) is 0 Å². The van der Waals surface area contributed by atoms with Crippen molar-refractivity contribution >= 4 is 11.2 Å². The maximum absolute atomic E-state index is 8.76. The fraction of sp³-hybridized carbons (Fsp3) is 0.500. The molecular weight excluding hydrogens is 214 g/mol. The van der Waals surface area contributed by atoms with E-state index < -0.39 is 0 Å². The second kappa shape index (κ2) is 4.50. The van der Waals surface area contributed by atoms with Gasteiger partial charge in [0, 0.05) is 5.92 Å². The summed E-state index contributed by atoms with van der Waals surface area (Å²) in [5.74, 6) is 1.09. The van der Waals surface area contributed by atoms with Crippen LogP contribution in [-0.2, 0) is 13.0 Å². The van der Waals surface area contributed by atoms with Crippen molar-refractivity contribution in [3.63, 3.8) is 0 Å². The van der Waals surface area contributed by atoms with E-state index in [0.29, 0.717) is 0 Å². The van der Waals surface area contributed by atoms with Gasteiger partial charge in [0.25, 0.3) is 0 Å². The molecule has 2 rings (SSSR count). The molecule has 88 valence electrons. The van der Waals surface area contributed by atoms with E-state index in [-0.39, 0.29) is 12.5 Å². The zero-order valence-corrected chi connectivity index (χ0v) is 10.3. The van der Waals surface area contributed by atoms with Crippen molar-refractivity contribution in [2.24, 2.45) is 0 Å². The van der Waals surface area contributed by atoms with Crippen LogP contribution in [0.15, 0.2) is 6.33 Å². The van der Waals surface area contributed by atoms with Crippen LogP contribution in [0.2, 0.25) is 0 Å². The Bertz CT molecular complexity index is 576. The van der Waals surface area contributed by atoms with Crippen molar-refractivity contribution < 1.29 is 0 Å². The maximum atomic E-state index is 8.76. The quantitative estimate of drug-likeness (QED) is 0.807. The summed E-state index contributed by atoms with van der Waals surface area (Å²) < 4.78 is 1.77. The van der Waals surface area contributed by atoms with Gasteiger partial charge in [-0.15, -0.1) is 0 Å². The molecule has 2 heterocycles. The zero-order chi connectivity index (χ0) is 12.4. The number of nitrogens with zero attached hydrogens (tertiary/aromatic N) is 5. The van der Waals surface area contributed by atoms with E-state index in [1.807, 2.05) is 0 Å². The molecule has 0 fully saturated rings. The standard InChI is InChI=1S/C12H15N5/c1-4-9-10-12(16-11(15-9)8(2)3)17(6-5-13)7-14-10/h7-8H,4,6H2,1-3H3. The summed E-state index contributed by atoms with van der Waals surface area (Å²) >= 11 is 0. The van der Waals surface area contributed by atoms with Gasteiger partial charge >= 0.3 is 0 Å². The second-order valence-corrected chi connectivity index (χ2v) is 4.24. The molecule has 2 aromatic heterocycles. The molecule has 0 atom stereocenters. The third-order valence-corrected chi connectivity index (χ3v) is 2.65. The van der Waals surface area contributed by atoms with Gasteiger partial charge in [-0.1, -0.05) is 20.8 Å². The molecule has 0 aromatic carbocycles. The number of hydrogen-bond donors (Lipinski definition) is 0. The molecule has 0 saturated carbocycles. The molecule has 0 bridgehead atoms. The van der Waals surface area contributed by atoms with E-state index in [9.17, 15) is 0 Å². The molecule has 0 aliphatic heterocycles. The van der Waals surface area contributed by atoms with Crippen molar-refractivity contribution in [2.75, 3.05) is 0 Å². The molecule has 0 aliphatic carbocycles. The highest BCUT2D eigenvalue weighted by Gasteiger charge is 2.13. The molecule has 5 nitrogen and oxygen atoms in total. The molecular formula is C12H15N5. The Morgan fingerprint density at radius 3 is 2.76 bits per heavy atom. The van der Waals surface area contributed by atoms with Crippen LogP contribution in [0.3, 0.4) is 0 Å². The summed E-state index contributed by atoms with van der Waals surface area (Å²) in [4.78, 5) is 13.3. The fourth-order valence-corrected chi connectivity index (χ4v) is 1.72. The lowest BCUT2D eigenvalue weighted by Gasteiger charge is -2.07. The van der Waals surface area contributed by atoms with Crippen molar-refractivity contribution in [1.82, 2.24) is 19.5 Å². The highest BCUT2D eigenvalue weighted by Crippen LogP contribution is 2.18. The van der Waals surface area contributed by atoms with Gasteiger partial charge in [0.2, 0.25) is 0 Å². The first-order valence-electron chi connectivity index (χ1n) is 5.76. The van der Waals surface area contributed by atoms with Gasteiger partial charge in [-0.05, 0) is 6.42 Å². The maximum Gasteiger partial charge on any atom is 0.164 e.